The Kier molecular flexibility index (Phi) is 10.5. The Bertz CT molecular complexity index is 1750. The third-order valence-electron chi connectivity index (χ3n) is 11.3. The van der Waals surface area contributed by atoms with E-state index in [1.54, 1.807) is 23.4 Å². The first kappa shape index (κ1) is 35.8. The van der Waals surface area contributed by atoms with Gasteiger partial charge in [0.15, 0.2) is 0 Å². The summed E-state index contributed by atoms with van der Waals surface area (Å²) < 4.78 is 18.8. The number of alkyl carbamates (subject to hydrolysis) is 1. The standard InChI is InChI=1S/C39H51N7O6/c1-5-25-31(22-47)46-21-33(25)51-35-29(43-28-13-12-24(20-30(28)44-35)50-17-16-42-37-40-14-9-15-41-37)11-8-6-7-10-26-27-18-23(27)19-32(26)52-38(49)45-34(36(46)48)39(2,3)4/h9,12-15,20,22-23,25-27,31-34H,5-8,10-11,16-19,21H2,1-4H3,(H,45,49)(H,40,41,42)/t23?,25-,26+,27?,31+,32+,33-,34+/m0/s1. The predicted octanol–water partition coefficient (Wildman–Crippen LogP) is 5.38. The minimum atomic E-state index is -0.892. The number of nitrogens with one attached hydrogen (secondary N) is 2. The molecule has 13 heteroatoms. The molecule has 2 aliphatic heterocycles. The highest BCUT2D eigenvalue weighted by molar-refractivity contribution is 5.89. The molecule has 278 valence electrons. The summed E-state index contributed by atoms with van der Waals surface area (Å²) in [6.45, 7) is 8.82. The van der Waals surface area contributed by atoms with Crippen molar-refractivity contribution in [2.24, 2.45) is 29.1 Å². The second kappa shape index (κ2) is 15.2. The van der Waals surface area contributed by atoms with Gasteiger partial charge in [-0.2, -0.15) is 0 Å². The van der Waals surface area contributed by atoms with Crippen LogP contribution < -0.4 is 20.1 Å². The average molecular weight is 714 g/mol. The van der Waals surface area contributed by atoms with Gasteiger partial charge in [-0.05, 0) is 79.9 Å². The van der Waals surface area contributed by atoms with E-state index in [9.17, 15) is 14.4 Å². The number of aldehydes is 1. The van der Waals surface area contributed by atoms with Crippen molar-refractivity contribution in [2.75, 3.05) is 25.0 Å². The molecule has 2 bridgehead atoms. The summed E-state index contributed by atoms with van der Waals surface area (Å²) in [4.78, 5) is 60.4. The van der Waals surface area contributed by atoms with E-state index in [4.69, 9.17) is 24.2 Å². The largest absolute Gasteiger partial charge is 0.492 e. The summed E-state index contributed by atoms with van der Waals surface area (Å²) in [5, 5.41) is 6.07. The van der Waals surface area contributed by atoms with Crippen molar-refractivity contribution >= 4 is 35.3 Å². The molecule has 4 heterocycles. The van der Waals surface area contributed by atoms with Crippen molar-refractivity contribution in [1.29, 1.82) is 0 Å². The molecule has 1 saturated heterocycles. The monoisotopic (exact) mass is 713 g/mol. The highest BCUT2D eigenvalue weighted by Crippen LogP contribution is 2.57. The lowest BCUT2D eigenvalue weighted by molar-refractivity contribution is -0.139. The van der Waals surface area contributed by atoms with E-state index >= 15 is 0 Å². The summed E-state index contributed by atoms with van der Waals surface area (Å²) in [5.41, 5.74) is 1.50. The normalized spacial score (nSPS) is 29.3. The molecule has 0 radical (unpaired) electrons. The molecule has 2 amide bonds. The second-order valence-corrected chi connectivity index (χ2v) is 15.9. The van der Waals surface area contributed by atoms with Crippen LogP contribution in [0.15, 0.2) is 36.7 Å². The number of anilines is 1. The Hall–Kier alpha value is -4.55. The molecule has 0 spiro atoms. The average Bonchev–Trinajstić information content (AvgIpc) is 3.67. The Labute approximate surface area is 305 Å². The van der Waals surface area contributed by atoms with Gasteiger partial charge in [-0.25, -0.2) is 24.7 Å². The number of hydrogen-bond donors (Lipinski definition) is 2. The number of carbonyl (C=O) groups excluding carboxylic acids is 3. The Morgan fingerprint density at radius 1 is 1.02 bits per heavy atom. The van der Waals surface area contributed by atoms with Crippen LogP contribution in [0.2, 0.25) is 0 Å². The summed E-state index contributed by atoms with van der Waals surface area (Å²) in [6, 6.07) is 5.82. The van der Waals surface area contributed by atoms with Gasteiger partial charge in [-0.1, -0.05) is 40.5 Å². The van der Waals surface area contributed by atoms with Gasteiger partial charge < -0.3 is 34.5 Å². The number of aryl methyl sites for hydroxylation is 1. The van der Waals surface area contributed by atoms with Crippen LogP contribution in [0, 0.1) is 29.1 Å². The summed E-state index contributed by atoms with van der Waals surface area (Å²) in [5.74, 6) is 2.57. The van der Waals surface area contributed by atoms with Crippen molar-refractivity contribution in [3.63, 3.8) is 0 Å². The number of benzene rings is 1. The van der Waals surface area contributed by atoms with Crippen molar-refractivity contribution in [2.45, 2.75) is 103 Å². The summed E-state index contributed by atoms with van der Waals surface area (Å²) in [7, 11) is 0. The van der Waals surface area contributed by atoms with E-state index in [1.165, 1.54) is 6.42 Å². The molecule has 4 aliphatic rings. The summed E-state index contributed by atoms with van der Waals surface area (Å²) >= 11 is 0. The van der Waals surface area contributed by atoms with Crippen molar-refractivity contribution in [3.05, 3.63) is 42.4 Å². The maximum atomic E-state index is 14.3. The maximum Gasteiger partial charge on any atom is 0.408 e. The van der Waals surface area contributed by atoms with Gasteiger partial charge in [0.2, 0.25) is 17.7 Å². The molecule has 2 aliphatic carbocycles. The van der Waals surface area contributed by atoms with Gasteiger partial charge in [0.1, 0.15) is 42.6 Å². The molecular formula is C39H51N7O6. The van der Waals surface area contributed by atoms with Crippen LogP contribution in [-0.2, 0) is 20.7 Å². The number of amides is 2. The summed E-state index contributed by atoms with van der Waals surface area (Å²) in [6.07, 6.45) is 10.3. The number of carbonyl (C=O) groups is 3. The number of rotatable bonds is 7. The first-order valence-electron chi connectivity index (χ1n) is 19.0. The molecular weight excluding hydrogens is 662 g/mol. The van der Waals surface area contributed by atoms with E-state index in [2.05, 4.69) is 20.6 Å². The molecule has 2 N–H and O–H groups in total. The van der Waals surface area contributed by atoms with Crippen LogP contribution in [-0.4, -0.2) is 87.1 Å². The SMILES string of the molecule is CC[C@@H]1[C@@H]2CN(C(=O)[C@H](C(C)(C)C)NC(=O)O[C@@H]3CC4CC4[C@H]3CCCCCc3nc4ccc(OCCNc5ncccn5)cc4nc3O2)[C@@H]1C=O. The zero-order valence-electron chi connectivity index (χ0n) is 30.6. The lowest BCUT2D eigenvalue weighted by Gasteiger charge is -2.35. The van der Waals surface area contributed by atoms with Crippen molar-refractivity contribution in [3.8, 4) is 11.6 Å². The molecule has 2 aromatic heterocycles. The molecule has 7 rings (SSSR count). The fourth-order valence-electron chi connectivity index (χ4n) is 8.51. The number of hydrogen-bond acceptors (Lipinski definition) is 11. The fourth-order valence-corrected chi connectivity index (χ4v) is 8.51. The van der Waals surface area contributed by atoms with Crippen molar-refractivity contribution in [1.82, 2.24) is 30.2 Å². The van der Waals surface area contributed by atoms with Crippen LogP contribution in [0.1, 0.15) is 78.3 Å². The van der Waals surface area contributed by atoms with Gasteiger partial charge in [0.25, 0.3) is 0 Å². The molecule has 52 heavy (non-hydrogen) atoms. The zero-order valence-corrected chi connectivity index (χ0v) is 30.6. The third kappa shape index (κ3) is 7.78. The van der Waals surface area contributed by atoms with Gasteiger partial charge in [0.05, 0.1) is 30.2 Å². The first-order valence-corrected chi connectivity index (χ1v) is 19.0. The van der Waals surface area contributed by atoms with Gasteiger partial charge in [0, 0.05) is 24.4 Å². The van der Waals surface area contributed by atoms with E-state index in [0.29, 0.717) is 66.8 Å². The van der Waals surface area contributed by atoms with E-state index in [0.717, 1.165) is 49.6 Å². The molecule has 8 atom stereocenters. The van der Waals surface area contributed by atoms with E-state index < -0.39 is 29.7 Å². The zero-order chi connectivity index (χ0) is 36.4. The highest BCUT2D eigenvalue weighted by atomic mass is 16.6. The molecule has 13 nitrogen and oxygen atoms in total. The number of ether oxygens (including phenoxy) is 3. The van der Waals surface area contributed by atoms with Crippen LogP contribution >= 0.6 is 0 Å². The Morgan fingerprint density at radius 3 is 2.62 bits per heavy atom. The highest BCUT2D eigenvalue weighted by Gasteiger charge is 2.55. The first-order chi connectivity index (χ1) is 25.1. The van der Waals surface area contributed by atoms with Gasteiger partial charge >= 0.3 is 6.09 Å². The van der Waals surface area contributed by atoms with E-state index in [-0.39, 0.29) is 24.5 Å². The number of nitrogens with zero attached hydrogens (tertiary/aromatic N) is 5. The topological polar surface area (TPSA) is 158 Å². The number of fused-ring (bicyclic) bond motifs is 7. The smallest absolute Gasteiger partial charge is 0.408 e. The maximum absolute atomic E-state index is 14.3. The number of aromatic nitrogens is 4. The van der Waals surface area contributed by atoms with Crippen molar-refractivity contribution < 1.29 is 28.6 Å². The minimum Gasteiger partial charge on any atom is -0.492 e. The lowest BCUT2D eigenvalue weighted by Crippen LogP contribution is -2.56. The molecule has 3 fully saturated rings. The quantitative estimate of drug-likeness (QED) is 0.239. The molecule has 3 aromatic rings. The predicted molar refractivity (Wildman–Crippen MR) is 194 cm³/mol. The van der Waals surface area contributed by atoms with Gasteiger partial charge in [-0.15, -0.1) is 0 Å². The third-order valence-corrected chi connectivity index (χ3v) is 11.3. The van der Waals surface area contributed by atoms with E-state index in [1.807, 2.05) is 45.9 Å². The van der Waals surface area contributed by atoms with Gasteiger partial charge in [-0.3, -0.25) is 4.79 Å². The Morgan fingerprint density at radius 2 is 1.85 bits per heavy atom. The second-order valence-electron chi connectivity index (χ2n) is 15.9. The molecule has 2 unspecified atom stereocenters. The van der Waals surface area contributed by atoms with Crippen LogP contribution in [0.4, 0.5) is 10.7 Å². The minimum absolute atomic E-state index is 0.143. The van der Waals surface area contributed by atoms with Crippen LogP contribution in [0.25, 0.3) is 11.0 Å². The molecule has 1 aromatic carbocycles. The lowest BCUT2D eigenvalue weighted by atomic mass is 9.85. The molecule has 2 saturated carbocycles. The Balaban J connectivity index is 1.16. The van der Waals surface area contributed by atoms with Crippen LogP contribution in [0.5, 0.6) is 11.6 Å². The van der Waals surface area contributed by atoms with Crippen LogP contribution in [0.3, 0.4) is 0 Å². The fraction of sp³-hybridized carbons (Fsp3) is 0.615.